The molecule has 0 radical (unpaired) electrons. The Labute approximate surface area is 151 Å². The van der Waals surface area contributed by atoms with E-state index >= 15 is 0 Å². The molecule has 0 saturated carbocycles. The number of amides is 2. The van der Waals surface area contributed by atoms with Crippen molar-refractivity contribution in [2.75, 3.05) is 38.5 Å². The molecule has 25 heavy (non-hydrogen) atoms. The lowest BCUT2D eigenvalue weighted by atomic mass is 10.1. The van der Waals surface area contributed by atoms with Crippen LogP contribution in [-0.4, -0.2) is 54.8 Å². The van der Waals surface area contributed by atoms with Crippen molar-refractivity contribution in [3.63, 3.8) is 0 Å². The monoisotopic (exact) mass is 345 g/mol. The summed E-state index contributed by atoms with van der Waals surface area (Å²) >= 11 is 0. The number of carbonyl (C=O) groups is 2. The molecule has 1 fully saturated rings. The molecular weight excluding hydrogens is 314 g/mol. The second kappa shape index (κ2) is 10.2. The van der Waals surface area contributed by atoms with Gasteiger partial charge in [0.15, 0.2) is 0 Å². The van der Waals surface area contributed by atoms with Crippen LogP contribution in [0.4, 0.5) is 5.69 Å². The minimum absolute atomic E-state index is 0.0798. The van der Waals surface area contributed by atoms with Crippen molar-refractivity contribution in [3.05, 3.63) is 29.8 Å². The zero-order chi connectivity index (χ0) is 18.1. The zero-order valence-electron chi connectivity index (χ0n) is 15.6. The summed E-state index contributed by atoms with van der Waals surface area (Å²) in [6.45, 7) is 4.28. The number of aryl methyl sites for hydroxylation is 1. The van der Waals surface area contributed by atoms with Crippen molar-refractivity contribution in [1.82, 2.24) is 9.80 Å². The Morgan fingerprint density at radius 1 is 1.04 bits per heavy atom. The lowest BCUT2D eigenvalue weighted by Gasteiger charge is -2.27. The molecule has 0 aromatic heterocycles. The van der Waals surface area contributed by atoms with E-state index in [9.17, 15) is 9.59 Å². The highest BCUT2D eigenvalue weighted by Crippen LogP contribution is 2.15. The number of likely N-dealkylation sites (tertiary alicyclic amines) is 1. The normalized spacial score (nSPS) is 15.6. The number of likely N-dealkylation sites (N-methyl/N-ethyl adjacent to an activating group) is 1. The fourth-order valence-corrected chi connectivity index (χ4v) is 3.27. The fourth-order valence-electron chi connectivity index (χ4n) is 3.27. The number of nitrogens with one attached hydrogen (secondary N) is 1. The van der Waals surface area contributed by atoms with E-state index in [1.807, 2.05) is 36.2 Å². The van der Waals surface area contributed by atoms with Crippen molar-refractivity contribution >= 4 is 17.5 Å². The fraction of sp³-hybridized carbons (Fsp3) is 0.600. The number of anilines is 1. The Hall–Kier alpha value is -1.88. The molecule has 5 heteroatoms. The van der Waals surface area contributed by atoms with Crippen LogP contribution in [0.2, 0.25) is 0 Å². The number of hydrogen-bond acceptors (Lipinski definition) is 3. The average molecular weight is 345 g/mol. The molecule has 1 saturated heterocycles. The molecule has 0 unspecified atom stereocenters. The molecular formula is C20H31N3O2. The Balaban J connectivity index is 1.81. The Kier molecular flexibility index (Phi) is 7.92. The van der Waals surface area contributed by atoms with Crippen LogP contribution >= 0.6 is 0 Å². The van der Waals surface area contributed by atoms with E-state index in [0.29, 0.717) is 6.54 Å². The third-order valence-corrected chi connectivity index (χ3v) is 4.70. The van der Waals surface area contributed by atoms with Crippen LogP contribution in [0.1, 0.15) is 44.6 Å². The van der Waals surface area contributed by atoms with E-state index in [4.69, 9.17) is 0 Å². The van der Waals surface area contributed by atoms with Gasteiger partial charge in [-0.3, -0.25) is 14.5 Å². The molecule has 1 aliphatic heterocycles. The van der Waals surface area contributed by atoms with Gasteiger partial charge in [-0.15, -0.1) is 0 Å². The van der Waals surface area contributed by atoms with Crippen LogP contribution in [0.25, 0.3) is 0 Å². The van der Waals surface area contributed by atoms with Gasteiger partial charge < -0.3 is 10.2 Å². The highest BCUT2D eigenvalue weighted by Gasteiger charge is 2.18. The first-order valence-electron chi connectivity index (χ1n) is 9.44. The second-order valence-corrected chi connectivity index (χ2v) is 6.88. The summed E-state index contributed by atoms with van der Waals surface area (Å²) in [5.74, 6) is 0.0509. The van der Waals surface area contributed by atoms with Crippen LogP contribution in [0, 0.1) is 0 Å². The first kappa shape index (κ1) is 19.4. The molecule has 1 N–H and O–H groups in total. The van der Waals surface area contributed by atoms with E-state index < -0.39 is 0 Å². The summed E-state index contributed by atoms with van der Waals surface area (Å²) < 4.78 is 0. The minimum Gasteiger partial charge on any atom is -0.342 e. The van der Waals surface area contributed by atoms with Crippen LogP contribution in [0.5, 0.6) is 0 Å². The number of nitrogens with zero attached hydrogens (tertiary/aromatic N) is 2. The molecule has 1 aromatic rings. The van der Waals surface area contributed by atoms with E-state index in [2.05, 4.69) is 12.2 Å². The molecule has 2 rings (SSSR count). The van der Waals surface area contributed by atoms with E-state index in [-0.39, 0.29) is 18.4 Å². The van der Waals surface area contributed by atoms with Gasteiger partial charge in [-0.1, -0.05) is 44.4 Å². The van der Waals surface area contributed by atoms with Crippen LogP contribution in [-0.2, 0) is 16.0 Å². The van der Waals surface area contributed by atoms with Crippen molar-refractivity contribution in [2.24, 2.45) is 0 Å². The lowest BCUT2D eigenvalue weighted by molar-refractivity contribution is -0.132. The molecule has 0 atom stereocenters. The summed E-state index contributed by atoms with van der Waals surface area (Å²) in [5.41, 5.74) is 1.98. The quantitative estimate of drug-likeness (QED) is 0.862. The second-order valence-electron chi connectivity index (χ2n) is 6.88. The Bertz CT molecular complexity index is 566. The minimum atomic E-state index is -0.0798. The SMILES string of the molecule is CCc1ccccc1NC(=O)CN(C)CC(=O)N1CCCCCCC1. The summed E-state index contributed by atoms with van der Waals surface area (Å²) in [4.78, 5) is 28.5. The third-order valence-electron chi connectivity index (χ3n) is 4.70. The van der Waals surface area contributed by atoms with E-state index in [1.165, 1.54) is 19.3 Å². The molecule has 0 bridgehead atoms. The average Bonchev–Trinajstić information content (AvgIpc) is 2.54. The number of carbonyl (C=O) groups excluding carboxylic acids is 2. The largest absolute Gasteiger partial charge is 0.342 e. The molecule has 2 amide bonds. The highest BCUT2D eigenvalue weighted by atomic mass is 16.2. The predicted molar refractivity (Wildman–Crippen MR) is 102 cm³/mol. The highest BCUT2D eigenvalue weighted by molar-refractivity contribution is 5.93. The standard InChI is InChI=1S/C20H31N3O2/c1-3-17-11-7-8-12-18(17)21-19(24)15-22(2)16-20(25)23-13-9-5-4-6-10-14-23/h7-8,11-12H,3-6,9-10,13-16H2,1-2H3,(H,21,24). The van der Waals surface area contributed by atoms with Crippen LogP contribution in [0.15, 0.2) is 24.3 Å². The Morgan fingerprint density at radius 3 is 2.36 bits per heavy atom. The van der Waals surface area contributed by atoms with Gasteiger partial charge in [-0.25, -0.2) is 0 Å². The van der Waals surface area contributed by atoms with Gasteiger partial charge in [0.05, 0.1) is 13.1 Å². The molecule has 1 aromatic carbocycles. The van der Waals surface area contributed by atoms with Gasteiger partial charge in [0.1, 0.15) is 0 Å². The summed E-state index contributed by atoms with van der Waals surface area (Å²) in [6.07, 6.45) is 6.74. The summed E-state index contributed by atoms with van der Waals surface area (Å²) in [6, 6.07) is 7.83. The smallest absolute Gasteiger partial charge is 0.238 e. The maximum atomic E-state index is 12.5. The van der Waals surface area contributed by atoms with Crippen LogP contribution in [0.3, 0.4) is 0 Å². The van der Waals surface area contributed by atoms with Crippen molar-refractivity contribution in [2.45, 2.75) is 45.4 Å². The number of benzene rings is 1. The van der Waals surface area contributed by atoms with Gasteiger partial charge in [0.2, 0.25) is 11.8 Å². The third kappa shape index (κ3) is 6.50. The molecule has 0 aliphatic carbocycles. The van der Waals surface area contributed by atoms with Gasteiger partial charge in [0.25, 0.3) is 0 Å². The van der Waals surface area contributed by atoms with Gasteiger partial charge in [0, 0.05) is 18.8 Å². The summed E-state index contributed by atoms with van der Waals surface area (Å²) in [5, 5.41) is 2.96. The topological polar surface area (TPSA) is 52.7 Å². The number of rotatable bonds is 6. The zero-order valence-corrected chi connectivity index (χ0v) is 15.6. The number of hydrogen-bond donors (Lipinski definition) is 1. The first-order chi connectivity index (χ1) is 12.1. The van der Waals surface area contributed by atoms with E-state index in [0.717, 1.165) is 43.6 Å². The van der Waals surface area contributed by atoms with Crippen molar-refractivity contribution in [3.8, 4) is 0 Å². The van der Waals surface area contributed by atoms with Gasteiger partial charge in [-0.2, -0.15) is 0 Å². The predicted octanol–water partition coefficient (Wildman–Crippen LogP) is 2.91. The molecule has 1 aliphatic rings. The first-order valence-corrected chi connectivity index (χ1v) is 9.44. The van der Waals surface area contributed by atoms with Crippen molar-refractivity contribution in [1.29, 1.82) is 0 Å². The number of para-hydroxylation sites is 1. The summed E-state index contributed by atoms with van der Waals surface area (Å²) in [7, 11) is 1.83. The van der Waals surface area contributed by atoms with Crippen LogP contribution < -0.4 is 5.32 Å². The molecule has 138 valence electrons. The maximum Gasteiger partial charge on any atom is 0.238 e. The van der Waals surface area contributed by atoms with Crippen molar-refractivity contribution < 1.29 is 9.59 Å². The molecule has 1 heterocycles. The molecule has 0 spiro atoms. The molecule has 5 nitrogen and oxygen atoms in total. The van der Waals surface area contributed by atoms with Gasteiger partial charge in [-0.05, 0) is 37.9 Å². The van der Waals surface area contributed by atoms with Gasteiger partial charge >= 0.3 is 0 Å². The maximum absolute atomic E-state index is 12.5. The lowest BCUT2D eigenvalue weighted by Crippen LogP contribution is -2.42. The Morgan fingerprint density at radius 2 is 1.68 bits per heavy atom. The van der Waals surface area contributed by atoms with E-state index in [1.54, 1.807) is 4.90 Å².